The molecule has 0 heterocycles. The highest BCUT2D eigenvalue weighted by atomic mass is 16.2. The fourth-order valence-electron chi connectivity index (χ4n) is 2.89. The summed E-state index contributed by atoms with van der Waals surface area (Å²) in [5.74, 6) is -0.908. The topological polar surface area (TPSA) is 87.3 Å². The second-order valence-corrected chi connectivity index (χ2v) is 7.39. The van der Waals surface area contributed by atoms with Crippen molar-refractivity contribution < 1.29 is 14.4 Å². The van der Waals surface area contributed by atoms with Gasteiger partial charge in [-0.1, -0.05) is 62.4 Å². The molecule has 6 nitrogen and oxygen atoms in total. The zero-order valence-electron chi connectivity index (χ0n) is 17.5. The molecule has 0 aliphatic rings. The summed E-state index contributed by atoms with van der Waals surface area (Å²) in [6, 6.07) is 23.8. The molecule has 0 radical (unpaired) electrons. The van der Waals surface area contributed by atoms with Gasteiger partial charge in [0.25, 0.3) is 11.8 Å². The van der Waals surface area contributed by atoms with Gasteiger partial charge in [-0.15, -0.1) is 0 Å². The minimum Gasteiger partial charge on any atom is -0.336 e. The maximum Gasteiger partial charge on any atom is 0.252 e. The fourth-order valence-corrected chi connectivity index (χ4v) is 2.89. The smallest absolute Gasteiger partial charge is 0.252 e. The van der Waals surface area contributed by atoms with E-state index >= 15 is 0 Å². The first-order valence-corrected chi connectivity index (χ1v) is 10.1. The van der Waals surface area contributed by atoms with Gasteiger partial charge in [0.15, 0.2) is 0 Å². The van der Waals surface area contributed by atoms with E-state index in [1.165, 1.54) is 0 Å². The van der Waals surface area contributed by atoms with Gasteiger partial charge in [-0.2, -0.15) is 0 Å². The number of rotatable bonds is 7. The Hall–Kier alpha value is -3.93. The van der Waals surface area contributed by atoms with E-state index in [0.29, 0.717) is 22.5 Å². The summed E-state index contributed by atoms with van der Waals surface area (Å²) in [6.45, 7) is 3.63. The van der Waals surface area contributed by atoms with Crippen LogP contribution >= 0.6 is 0 Å². The van der Waals surface area contributed by atoms with Crippen molar-refractivity contribution in [3.05, 3.63) is 96.1 Å². The molecule has 1 atom stereocenters. The second kappa shape index (κ2) is 10.2. The monoisotopic (exact) mass is 415 g/mol. The lowest BCUT2D eigenvalue weighted by atomic mass is 10.1. The highest BCUT2D eigenvalue weighted by molar-refractivity contribution is 6.01. The van der Waals surface area contributed by atoms with E-state index < -0.39 is 6.04 Å². The largest absolute Gasteiger partial charge is 0.336 e. The van der Waals surface area contributed by atoms with Gasteiger partial charge in [-0.3, -0.25) is 14.4 Å². The van der Waals surface area contributed by atoms with Crippen LogP contribution in [0.2, 0.25) is 0 Å². The Kier molecular flexibility index (Phi) is 7.17. The van der Waals surface area contributed by atoms with Crippen molar-refractivity contribution in [1.82, 2.24) is 5.32 Å². The Balaban J connectivity index is 1.74. The molecule has 6 heteroatoms. The van der Waals surface area contributed by atoms with Crippen LogP contribution in [-0.2, 0) is 9.59 Å². The third-order valence-electron chi connectivity index (χ3n) is 4.65. The Labute approximate surface area is 181 Å². The highest BCUT2D eigenvalue weighted by Crippen LogP contribution is 2.19. The number of nitrogens with one attached hydrogen (secondary N) is 3. The van der Waals surface area contributed by atoms with Crippen LogP contribution in [0.4, 0.5) is 11.4 Å². The molecule has 0 fully saturated rings. The van der Waals surface area contributed by atoms with Gasteiger partial charge in [-0.25, -0.2) is 0 Å². The zero-order valence-corrected chi connectivity index (χ0v) is 17.5. The van der Waals surface area contributed by atoms with Crippen LogP contribution in [0.3, 0.4) is 0 Å². The van der Waals surface area contributed by atoms with E-state index in [9.17, 15) is 14.4 Å². The van der Waals surface area contributed by atoms with E-state index in [2.05, 4.69) is 16.0 Å². The van der Waals surface area contributed by atoms with Crippen LogP contribution < -0.4 is 16.0 Å². The Morgan fingerprint density at radius 2 is 1.13 bits per heavy atom. The summed E-state index contributed by atoms with van der Waals surface area (Å²) < 4.78 is 0. The standard InChI is InChI=1S/C25H25N3O3/c1-17(2)23(29)26-20-13-15-21(16-14-20)27-25(31)22(18-9-5-3-6-10-18)28-24(30)19-11-7-4-8-12-19/h3-17,22H,1-2H3,(H,26,29)(H,27,31)(H,28,30). The first kappa shape index (κ1) is 21.8. The molecular formula is C25H25N3O3. The SMILES string of the molecule is CC(C)C(=O)Nc1ccc(NC(=O)C(NC(=O)c2ccccc2)c2ccccc2)cc1. The molecule has 3 rings (SSSR count). The minimum absolute atomic E-state index is 0.0791. The predicted molar refractivity (Wildman–Crippen MR) is 122 cm³/mol. The lowest BCUT2D eigenvalue weighted by molar-refractivity contribution is -0.119. The van der Waals surface area contributed by atoms with Gasteiger partial charge >= 0.3 is 0 Å². The lowest BCUT2D eigenvalue weighted by Gasteiger charge is -2.19. The Morgan fingerprint density at radius 3 is 1.65 bits per heavy atom. The molecule has 0 aromatic heterocycles. The summed E-state index contributed by atoms with van der Waals surface area (Å²) in [5.41, 5.74) is 2.35. The first-order valence-electron chi connectivity index (χ1n) is 10.1. The summed E-state index contributed by atoms with van der Waals surface area (Å²) in [7, 11) is 0. The normalized spacial score (nSPS) is 11.5. The number of benzene rings is 3. The van der Waals surface area contributed by atoms with Crippen LogP contribution in [0.1, 0.15) is 35.8 Å². The van der Waals surface area contributed by atoms with Gasteiger partial charge < -0.3 is 16.0 Å². The average Bonchev–Trinajstić information content (AvgIpc) is 2.79. The van der Waals surface area contributed by atoms with Crippen molar-refractivity contribution >= 4 is 29.1 Å². The molecule has 0 aliphatic heterocycles. The fraction of sp³-hybridized carbons (Fsp3) is 0.160. The van der Waals surface area contributed by atoms with Gasteiger partial charge in [0.2, 0.25) is 5.91 Å². The molecule has 0 saturated carbocycles. The molecule has 3 amide bonds. The molecule has 0 spiro atoms. The maximum absolute atomic E-state index is 13.0. The van der Waals surface area contributed by atoms with Gasteiger partial charge in [0.05, 0.1) is 0 Å². The van der Waals surface area contributed by atoms with Gasteiger partial charge in [-0.05, 0) is 42.0 Å². The Bertz CT molecular complexity index is 1030. The summed E-state index contributed by atoms with van der Waals surface area (Å²) in [6.07, 6.45) is 0. The van der Waals surface area contributed by atoms with Crippen LogP contribution in [0.25, 0.3) is 0 Å². The molecule has 0 aliphatic carbocycles. The third-order valence-corrected chi connectivity index (χ3v) is 4.65. The molecule has 3 aromatic carbocycles. The third kappa shape index (κ3) is 6.02. The predicted octanol–water partition coefficient (Wildman–Crippen LogP) is 4.39. The number of anilines is 2. The van der Waals surface area contributed by atoms with E-state index in [0.717, 1.165) is 0 Å². The van der Waals surface area contributed by atoms with Gasteiger partial charge in [0, 0.05) is 22.9 Å². The maximum atomic E-state index is 13.0. The second-order valence-electron chi connectivity index (χ2n) is 7.39. The van der Waals surface area contributed by atoms with Crippen molar-refractivity contribution in [1.29, 1.82) is 0 Å². The van der Waals surface area contributed by atoms with Crippen molar-refractivity contribution in [2.45, 2.75) is 19.9 Å². The molecular weight excluding hydrogens is 390 g/mol. The Morgan fingerprint density at radius 1 is 0.645 bits per heavy atom. The quantitative estimate of drug-likeness (QED) is 0.535. The molecule has 158 valence electrons. The van der Waals surface area contributed by atoms with Crippen molar-refractivity contribution in [3.8, 4) is 0 Å². The van der Waals surface area contributed by atoms with E-state index in [1.807, 2.05) is 38.1 Å². The summed E-state index contributed by atoms with van der Waals surface area (Å²) in [5, 5.41) is 8.45. The summed E-state index contributed by atoms with van der Waals surface area (Å²) in [4.78, 5) is 37.5. The van der Waals surface area contributed by atoms with Gasteiger partial charge in [0.1, 0.15) is 6.04 Å². The van der Waals surface area contributed by atoms with E-state index in [1.54, 1.807) is 60.7 Å². The first-order chi connectivity index (χ1) is 14.9. The zero-order chi connectivity index (χ0) is 22.2. The van der Waals surface area contributed by atoms with Crippen LogP contribution in [-0.4, -0.2) is 17.7 Å². The lowest BCUT2D eigenvalue weighted by Crippen LogP contribution is -2.37. The van der Waals surface area contributed by atoms with Crippen molar-refractivity contribution in [2.75, 3.05) is 10.6 Å². The molecule has 0 bridgehead atoms. The van der Waals surface area contributed by atoms with E-state index in [4.69, 9.17) is 0 Å². The number of hydrogen-bond acceptors (Lipinski definition) is 3. The van der Waals surface area contributed by atoms with Crippen LogP contribution in [0.15, 0.2) is 84.9 Å². The number of hydrogen-bond donors (Lipinski definition) is 3. The van der Waals surface area contributed by atoms with Crippen molar-refractivity contribution in [3.63, 3.8) is 0 Å². The highest BCUT2D eigenvalue weighted by Gasteiger charge is 2.23. The average molecular weight is 415 g/mol. The van der Waals surface area contributed by atoms with E-state index in [-0.39, 0.29) is 23.6 Å². The van der Waals surface area contributed by atoms with Crippen molar-refractivity contribution in [2.24, 2.45) is 5.92 Å². The molecule has 1 unspecified atom stereocenters. The molecule has 3 N–H and O–H groups in total. The summed E-state index contributed by atoms with van der Waals surface area (Å²) >= 11 is 0. The molecule has 31 heavy (non-hydrogen) atoms. The molecule has 0 saturated heterocycles. The number of carbonyl (C=O) groups excluding carboxylic acids is 3. The van der Waals surface area contributed by atoms with Crippen LogP contribution in [0, 0.1) is 5.92 Å². The minimum atomic E-state index is -0.866. The van der Waals surface area contributed by atoms with Crippen LogP contribution in [0.5, 0.6) is 0 Å². The number of carbonyl (C=O) groups is 3. The molecule has 3 aromatic rings. The number of amides is 3.